The van der Waals surface area contributed by atoms with Crippen molar-refractivity contribution in [3.05, 3.63) is 103 Å². The number of benzene rings is 2. The van der Waals surface area contributed by atoms with E-state index in [2.05, 4.69) is 15.6 Å². The van der Waals surface area contributed by atoms with Crippen LogP contribution in [0.4, 0.5) is 5.69 Å². The maximum atomic E-state index is 12.7. The number of hydrogen-bond acceptors (Lipinski definition) is 4. The van der Waals surface area contributed by atoms with Crippen LogP contribution >= 0.6 is 0 Å². The molecule has 0 spiro atoms. The second-order valence-corrected chi connectivity index (χ2v) is 7.83. The number of aromatic nitrogens is 3. The number of carbonyl (C=O) groups excluding carboxylic acids is 2. The first-order chi connectivity index (χ1) is 16.5. The Morgan fingerprint density at radius 1 is 1.03 bits per heavy atom. The molecule has 0 bridgehead atoms. The number of amides is 2. The van der Waals surface area contributed by atoms with Crippen molar-refractivity contribution < 1.29 is 9.59 Å². The van der Waals surface area contributed by atoms with Crippen molar-refractivity contribution in [1.29, 1.82) is 0 Å². The second-order valence-electron chi connectivity index (χ2n) is 7.83. The van der Waals surface area contributed by atoms with Crippen LogP contribution in [0, 0.1) is 0 Å². The summed E-state index contributed by atoms with van der Waals surface area (Å²) in [5.41, 5.74) is 4.89. The molecule has 2 amide bonds. The molecule has 7 nitrogen and oxygen atoms in total. The molecule has 0 saturated heterocycles. The summed E-state index contributed by atoms with van der Waals surface area (Å²) in [6.45, 7) is 3.36. The Kier molecular flexibility index (Phi) is 6.93. The minimum atomic E-state index is -0.240. The Morgan fingerprint density at radius 3 is 2.59 bits per heavy atom. The third-order valence-electron chi connectivity index (χ3n) is 5.18. The number of anilines is 1. The SMILES string of the molecule is CC(=O)Nc1cccc(C(C)NC(=O)/C=C/c2cn(-c3ccccc3)nc2-c2cccnc2)c1. The summed E-state index contributed by atoms with van der Waals surface area (Å²) in [5.74, 6) is -0.376. The molecule has 4 rings (SSSR count). The van der Waals surface area contributed by atoms with Gasteiger partial charge in [-0.3, -0.25) is 14.6 Å². The van der Waals surface area contributed by atoms with Crippen LogP contribution in [-0.4, -0.2) is 26.6 Å². The molecule has 0 fully saturated rings. The van der Waals surface area contributed by atoms with Crippen molar-refractivity contribution in [2.24, 2.45) is 0 Å². The largest absolute Gasteiger partial charge is 0.346 e. The van der Waals surface area contributed by atoms with Gasteiger partial charge in [0.1, 0.15) is 5.69 Å². The number of carbonyl (C=O) groups is 2. The highest BCUT2D eigenvalue weighted by molar-refractivity contribution is 5.93. The van der Waals surface area contributed by atoms with Gasteiger partial charge in [0.15, 0.2) is 0 Å². The Labute approximate surface area is 198 Å². The van der Waals surface area contributed by atoms with E-state index < -0.39 is 0 Å². The van der Waals surface area contributed by atoms with E-state index in [0.29, 0.717) is 5.69 Å². The highest BCUT2D eigenvalue weighted by Crippen LogP contribution is 2.24. The molecule has 34 heavy (non-hydrogen) atoms. The topological polar surface area (TPSA) is 88.9 Å². The predicted octanol–water partition coefficient (Wildman–Crippen LogP) is 4.78. The predicted molar refractivity (Wildman–Crippen MR) is 133 cm³/mol. The van der Waals surface area contributed by atoms with Crippen molar-refractivity contribution in [3.8, 4) is 16.9 Å². The van der Waals surface area contributed by atoms with Gasteiger partial charge in [0.25, 0.3) is 0 Å². The molecule has 1 unspecified atom stereocenters. The van der Waals surface area contributed by atoms with E-state index in [9.17, 15) is 9.59 Å². The number of pyridine rings is 1. The van der Waals surface area contributed by atoms with E-state index in [-0.39, 0.29) is 17.9 Å². The highest BCUT2D eigenvalue weighted by Gasteiger charge is 2.12. The first kappa shape index (κ1) is 22.7. The van der Waals surface area contributed by atoms with E-state index >= 15 is 0 Å². The second kappa shape index (κ2) is 10.4. The Balaban J connectivity index is 1.54. The van der Waals surface area contributed by atoms with Crippen molar-refractivity contribution in [3.63, 3.8) is 0 Å². The monoisotopic (exact) mass is 451 g/mol. The maximum Gasteiger partial charge on any atom is 0.244 e. The first-order valence-corrected chi connectivity index (χ1v) is 10.9. The van der Waals surface area contributed by atoms with Crippen molar-refractivity contribution >= 4 is 23.6 Å². The van der Waals surface area contributed by atoms with Gasteiger partial charge < -0.3 is 10.6 Å². The summed E-state index contributed by atoms with van der Waals surface area (Å²) < 4.78 is 1.79. The molecular formula is C27H25N5O2. The summed E-state index contributed by atoms with van der Waals surface area (Å²) >= 11 is 0. The normalized spacial score (nSPS) is 11.8. The van der Waals surface area contributed by atoms with Gasteiger partial charge in [0.2, 0.25) is 11.8 Å². The molecule has 0 aliphatic heterocycles. The zero-order valence-corrected chi connectivity index (χ0v) is 19.0. The van der Waals surface area contributed by atoms with Crippen LogP contribution in [0.5, 0.6) is 0 Å². The van der Waals surface area contributed by atoms with E-state index in [1.165, 1.54) is 13.0 Å². The molecule has 0 saturated carbocycles. The van der Waals surface area contributed by atoms with Gasteiger partial charge in [-0.2, -0.15) is 5.10 Å². The average molecular weight is 452 g/mol. The van der Waals surface area contributed by atoms with Gasteiger partial charge in [0, 0.05) is 48.4 Å². The number of nitrogens with one attached hydrogen (secondary N) is 2. The molecule has 0 aliphatic rings. The zero-order valence-electron chi connectivity index (χ0n) is 19.0. The summed E-state index contributed by atoms with van der Waals surface area (Å²) in [6.07, 6.45) is 8.61. The molecule has 2 aromatic heterocycles. The Morgan fingerprint density at radius 2 is 1.85 bits per heavy atom. The molecule has 2 aromatic carbocycles. The standard InChI is InChI=1S/C27H25N5O2/c1-19(21-8-6-10-24(16-21)30-20(2)33)29-26(34)14-13-23-18-32(25-11-4-3-5-12-25)31-27(23)22-9-7-15-28-17-22/h3-19H,1-2H3,(H,29,34)(H,30,33)/b14-13+. The molecule has 0 aliphatic carbocycles. The minimum Gasteiger partial charge on any atom is -0.346 e. The van der Waals surface area contributed by atoms with Gasteiger partial charge in [-0.05, 0) is 55.0 Å². The Hall–Kier alpha value is -4.52. The number of nitrogens with zero attached hydrogens (tertiary/aromatic N) is 3. The van der Waals surface area contributed by atoms with Crippen LogP contribution in [0.25, 0.3) is 23.0 Å². The van der Waals surface area contributed by atoms with Crippen LogP contribution in [0.2, 0.25) is 0 Å². The fourth-order valence-corrected chi connectivity index (χ4v) is 3.55. The van der Waals surface area contributed by atoms with Crippen LogP contribution < -0.4 is 10.6 Å². The average Bonchev–Trinajstić information content (AvgIpc) is 3.28. The van der Waals surface area contributed by atoms with E-state index in [1.54, 1.807) is 23.2 Å². The molecule has 1 atom stereocenters. The van der Waals surface area contributed by atoms with Gasteiger partial charge in [0.05, 0.1) is 11.7 Å². The lowest BCUT2D eigenvalue weighted by Crippen LogP contribution is -2.24. The summed E-state index contributed by atoms with van der Waals surface area (Å²) in [6, 6.07) is 20.8. The van der Waals surface area contributed by atoms with E-state index in [1.807, 2.05) is 79.9 Å². The van der Waals surface area contributed by atoms with Crippen LogP contribution in [0.15, 0.2) is 91.4 Å². The van der Waals surface area contributed by atoms with Crippen LogP contribution in [0.3, 0.4) is 0 Å². The first-order valence-electron chi connectivity index (χ1n) is 10.9. The fourth-order valence-electron chi connectivity index (χ4n) is 3.55. The van der Waals surface area contributed by atoms with Gasteiger partial charge in [-0.25, -0.2) is 4.68 Å². The summed E-state index contributed by atoms with van der Waals surface area (Å²) in [7, 11) is 0. The van der Waals surface area contributed by atoms with Crippen molar-refractivity contribution in [2.75, 3.05) is 5.32 Å². The number of para-hydroxylation sites is 1. The van der Waals surface area contributed by atoms with Gasteiger partial charge in [-0.1, -0.05) is 30.3 Å². The molecule has 0 radical (unpaired) electrons. The minimum absolute atomic E-state index is 0.141. The van der Waals surface area contributed by atoms with Crippen LogP contribution in [0.1, 0.15) is 31.0 Å². The number of hydrogen-bond donors (Lipinski definition) is 2. The summed E-state index contributed by atoms with van der Waals surface area (Å²) in [4.78, 5) is 28.2. The van der Waals surface area contributed by atoms with E-state index in [0.717, 1.165) is 28.1 Å². The lowest BCUT2D eigenvalue weighted by atomic mass is 10.1. The quantitative estimate of drug-likeness (QED) is 0.396. The smallest absolute Gasteiger partial charge is 0.244 e. The lowest BCUT2D eigenvalue weighted by molar-refractivity contribution is -0.117. The van der Waals surface area contributed by atoms with Gasteiger partial charge >= 0.3 is 0 Å². The molecular weight excluding hydrogens is 426 g/mol. The maximum absolute atomic E-state index is 12.7. The Bertz CT molecular complexity index is 1310. The molecule has 2 heterocycles. The molecule has 170 valence electrons. The molecule has 7 heteroatoms. The third-order valence-corrected chi connectivity index (χ3v) is 5.18. The lowest BCUT2D eigenvalue weighted by Gasteiger charge is -2.14. The fraction of sp³-hybridized carbons (Fsp3) is 0.111. The zero-order chi connectivity index (χ0) is 23.9. The van der Waals surface area contributed by atoms with Crippen molar-refractivity contribution in [1.82, 2.24) is 20.1 Å². The van der Waals surface area contributed by atoms with Crippen molar-refractivity contribution in [2.45, 2.75) is 19.9 Å². The van der Waals surface area contributed by atoms with E-state index in [4.69, 9.17) is 5.10 Å². The summed E-state index contributed by atoms with van der Waals surface area (Å²) in [5, 5.41) is 10.5. The van der Waals surface area contributed by atoms with Gasteiger partial charge in [-0.15, -0.1) is 0 Å². The molecule has 2 N–H and O–H groups in total. The van der Waals surface area contributed by atoms with Crippen LogP contribution in [-0.2, 0) is 9.59 Å². The molecule has 4 aromatic rings. The third kappa shape index (κ3) is 5.63. The highest BCUT2D eigenvalue weighted by atomic mass is 16.2. The number of rotatable bonds is 7.